The van der Waals surface area contributed by atoms with Crippen molar-refractivity contribution in [3.63, 3.8) is 0 Å². The number of aromatic nitrogens is 3. The summed E-state index contributed by atoms with van der Waals surface area (Å²) >= 11 is 1.29. The summed E-state index contributed by atoms with van der Waals surface area (Å²) in [7, 11) is 0. The van der Waals surface area contributed by atoms with E-state index in [9.17, 15) is 9.18 Å². The fraction of sp³-hybridized carbons (Fsp3) is 0.0714. The number of carbonyl (C=O) groups excluding carboxylic acids is 1. The van der Waals surface area contributed by atoms with Crippen LogP contribution in [0.4, 0.5) is 4.39 Å². The third-order valence-electron chi connectivity index (χ3n) is 2.79. The summed E-state index contributed by atoms with van der Waals surface area (Å²) in [5, 5.41) is 4.61. The van der Waals surface area contributed by atoms with Crippen molar-refractivity contribution in [1.82, 2.24) is 14.8 Å². The lowest BCUT2D eigenvalue weighted by atomic mass is 10.2. The maximum absolute atomic E-state index is 12.9. The summed E-state index contributed by atoms with van der Waals surface area (Å²) in [4.78, 5) is 16.7. The van der Waals surface area contributed by atoms with E-state index in [4.69, 9.17) is 4.42 Å². The van der Waals surface area contributed by atoms with Gasteiger partial charge in [0.25, 0.3) is 5.91 Å². The topological polar surface area (TPSA) is 60.9 Å². The molecule has 0 unspecified atom stereocenters. The van der Waals surface area contributed by atoms with Crippen molar-refractivity contribution in [3.05, 3.63) is 54.0 Å². The Bertz CT molecular complexity index is 766. The van der Waals surface area contributed by atoms with Crippen LogP contribution in [0.15, 0.2) is 52.2 Å². The second-order valence-corrected chi connectivity index (χ2v) is 4.90. The SMILES string of the molecule is CSc1nc(-c2ccco2)nn1C(=O)c1ccc(F)cc1. The van der Waals surface area contributed by atoms with Gasteiger partial charge in [0, 0.05) is 5.56 Å². The second-order valence-electron chi connectivity index (χ2n) is 4.12. The summed E-state index contributed by atoms with van der Waals surface area (Å²) in [5.74, 6) is 0.0481. The van der Waals surface area contributed by atoms with Crippen LogP contribution in [0.5, 0.6) is 0 Å². The fourth-order valence-electron chi connectivity index (χ4n) is 1.79. The van der Waals surface area contributed by atoms with Crippen molar-refractivity contribution < 1.29 is 13.6 Å². The van der Waals surface area contributed by atoms with Gasteiger partial charge in [0.1, 0.15) is 5.82 Å². The molecule has 0 aliphatic carbocycles. The Morgan fingerprint density at radius 1 is 1.29 bits per heavy atom. The van der Waals surface area contributed by atoms with E-state index in [1.807, 2.05) is 0 Å². The van der Waals surface area contributed by atoms with Crippen LogP contribution in [0.3, 0.4) is 0 Å². The van der Waals surface area contributed by atoms with Gasteiger partial charge in [0.15, 0.2) is 10.9 Å². The molecule has 0 aliphatic rings. The van der Waals surface area contributed by atoms with Gasteiger partial charge in [-0.25, -0.2) is 4.39 Å². The molecule has 0 atom stereocenters. The van der Waals surface area contributed by atoms with Gasteiger partial charge in [0.05, 0.1) is 6.26 Å². The Balaban J connectivity index is 2.01. The highest BCUT2D eigenvalue weighted by Crippen LogP contribution is 2.21. The Kier molecular flexibility index (Phi) is 3.57. The zero-order valence-corrected chi connectivity index (χ0v) is 11.8. The predicted octanol–water partition coefficient (Wildman–Crippen LogP) is 3.09. The molecule has 2 heterocycles. The third kappa shape index (κ3) is 2.59. The molecule has 0 fully saturated rings. The quantitative estimate of drug-likeness (QED) is 0.696. The minimum atomic E-state index is -0.397. The molecule has 7 heteroatoms. The van der Waals surface area contributed by atoms with Crippen molar-refractivity contribution in [2.75, 3.05) is 6.26 Å². The van der Waals surface area contributed by atoms with E-state index in [1.165, 1.54) is 47.0 Å². The minimum absolute atomic E-state index is 0.333. The molecule has 5 nitrogen and oxygen atoms in total. The Hall–Kier alpha value is -2.41. The first-order valence-corrected chi connectivity index (χ1v) is 7.26. The van der Waals surface area contributed by atoms with Crippen molar-refractivity contribution >= 4 is 17.7 Å². The Labute approximate surface area is 123 Å². The molecule has 21 heavy (non-hydrogen) atoms. The predicted molar refractivity (Wildman–Crippen MR) is 75.6 cm³/mol. The van der Waals surface area contributed by atoms with E-state index >= 15 is 0 Å². The molecule has 0 saturated heterocycles. The lowest BCUT2D eigenvalue weighted by Crippen LogP contribution is -2.14. The highest BCUT2D eigenvalue weighted by molar-refractivity contribution is 7.98. The van der Waals surface area contributed by atoms with Gasteiger partial charge in [0.2, 0.25) is 5.82 Å². The molecule has 0 spiro atoms. The lowest BCUT2D eigenvalue weighted by Gasteiger charge is -2.02. The van der Waals surface area contributed by atoms with Crippen LogP contribution in [0.1, 0.15) is 10.4 Å². The van der Waals surface area contributed by atoms with Crippen LogP contribution >= 0.6 is 11.8 Å². The van der Waals surface area contributed by atoms with E-state index in [1.54, 1.807) is 18.4 Å². The first-order valence-electron chi connectivity index (χ1n) is 6.04. The van der Waals surface area contributed by atoms with Gasteiger partial charge in [-0.1, -0.05) is 11.8 Å². The first-order chi connectivity index (χ1) is 10.2. The number of hydrogen-bond donors (Lipinski definition) is 0. The number of nitrogens with zero attached hydrogens (tertiary/aromatic N) is 3. The Morgan fingerprint density at radius 2 is 2.05 bits per heavy atom. The van der Waals surface area contributed by atoms with E-state index < -0.39 is 5.82 Å². The molecule has 1 aromatic carbocycles. The van der Waals surface area contributed by atoms with E-state index in [-0.39, 0.29) is 5.91 Å². The lowest BCUT2D eigenvalue weighted by molar-refractivity contribution is 0.0933. The highest BCUT2D eigenvalue weighted by Gasteiger charge is 2.19. The number of benzene rings is 1. The molecule has 0 saturated carbocycles. The summed E-state index contributed by atoms with van der Waals surface area (Å²) < 4.78 is 19.3. The number of halogens is 1. The standard InChI is InChI=1S/C14H10FN3O2S/c1-21-14-16-12(11-3-2-8-20-11)17-18(14)13(19)9-4-6-10(15)7-5-9/h2-8H,1H3. The van der Waals surface area contributed by atoms with Gasteiger partial charge in [-0.05, 0) is 42.7 Å². The number of carbonyl (C=O) groups is 1. The van der Waals surface area contributed by atoms with Crippen molar-refractivity contribution in [2.24, 2.45) is 0 Å². The molecule has 0 amide bonds. The fourth-order valence-corrected chi connectivity index (χ4v) is 2.26. The number of hydrogen-bond acceptors (Lipinski definition) is 5. The van der Waals surface area contributed by atoms with Crippen molar-refractivity contribution in [2.45, 2.75) is 5.16 Å². The molecular formula is C14H10FN3O2S. The summed E-state index contributed by atoms with van der Waals surface area (Å²) in [6, 6.07) is 8.72. The largest absolute Gasteiger partial charge is 0.461 e. The van der Waals surface area contributed by atoms with E-state index in [2.05, 4.69) is 10.1 Å². The van der Waals surface area contributed by atoms with E-state index in [0.29, 0.717) is 22.3 Å². The summed E-state index contributed by atoms with van der Waals surface area (Å²) in [6.07, 6.45) is 3.31. The number of thioether (sulfide) groups is 1. The summed E-state index contributed by atoms with van der Waals surface area (Å²) in [5.41, 5.74) is 0.336. The van der Waals surface area contributed by atoms with Crippen LogP contribution in [0, 0.1) is 5.82 Å². The molecule has 3 rings (SSSR count). The maximum Gasteiger partial charge on any atom is 0.280 e. The summed E-state index contributed by atoms with van der Waals surface area (Å²) in [6.45, 7) is 0. The third-order valence-corrected chi connectivity index (χ3v) is 3.41. The highest BCUT2D eigenvalue weighted by atomic mass is 32.2. The van der Waals surface area contributed by atoms with Crippen LogP contribution in [-0.4, -0.2) is 26.9 Å². The Morgan fingerprint density at radius 3 is 2.67 bits per heavy atom. The molecule has 3 aromatic rings. The van der Waals surface area contributed by atoms with Crippen molar-refractivity contribution in [1.29, 1.82) is 0 Å². The average molecular weight is 303 g/mol. The zero-order valence-electron chi connectivity index (χ0n) is 11.0. The first kappa shape index (κ1) is 13.6. The van der Waals surface area contributed by atoms with Gasteiger partial charge in [-0.15, -0.1) is 5.10 Å². The van der Waals surface area contributed by atoms with Crippen LogP contribution in [0.2, 0.25) is 0 Å². The van der Waals surface area contributed by atoms with E-state index in [0.717, 1.165) is 0 Å². The molecule has 0 radical (unpaired) electrons. The molecular weight excluding hydrogens is 293 g/mol. The van der Waals surface area contributed by atoms with Gasteiger partial charge in [-0.2, -0.15) is 9.67 Å². The molecule has 0 N–H and O–H groups in total. The van der Waals surface area contributed by atoms with Gasteiger partial charge >= 0.3 is 0 Å². The minimum Gasteiger partial charge on any atom is -0.461 e. The molecule has 0 aliphatic heterocycles. The van der Waals surface area contributed by atoms with Gasteiger partial charge in [-0.3, -0.25) is 4.79 Å². The van der Waals surface area contributed by atoms with Crippen LogP contribution in [0.25, 0.3) is 11.6 Å². The normalized spacial score (nSPS) is 10.8. The second kappa shape index (κ2) is 5.53. The molecule has 2 aromatic heterocycles. The molecule has 106 valence electrons. The van der Waals surface area contributed by atoms with Gasteiger partial charge < -0.3 is 4.42 Å². The average Bonchev–Trinajstić information content (AvgIpc) is 3.16. The van der Waals surface area contributed by atoms with Crippen molar-refractivity contribution in [3.8, 4) is 11.6 Å². The smallest absolute Gasteiger partial charge is 0.280 e. The number of furan rings is 1. The molecule has 0 bridgehead atoms. The van der Waals surface area contributed by atoms with Crippen LogP contribution < -0.4 is 0 Å². The maximum atomic E-state index is 12.9. The van der Waals surface area contributed by atoms with Crippen LogP contribution in [-0.2, 0) is 0 Å². The monoisotopic (exact) mass is 303 g/mol. The number of rotatable bonds is 3. The zero-order chi connectivity index (χ0) is 14.8.